The molecule has 0 bridgehead atoms. The largest absolute Gasteiger partial charge is 0.376 e. The van der Waals surface area contributed by atoms with Crippen molar-refractivity contribution in [3.05, 3.63) is 66.1 Å². The van der Waals surface area contributed by atoms with Crippen LogP contribution in [0.1, 0.15) is 24.1 Å². The van der Waals surface area contributed by atoms with E-state index in [0.29, 0.717) is 0 Å². The second kappa shape index (κ2) is 6.96. The quantitative estimate of drug-likeness (QED) is 0.591. The summed E-state index contributed by atoms with van der Waals surface area (Å²) >= 11 is 0. The Bertz CT molecular complexity index is 1080. The first-order valence-corrected chi connectivity index (χ1v) is 9.38. The highest BCUT2D eigenvalue weighted by Crippen LogP contribution is 2.18. The van der Waals surface area contributed by atoms with Crippen LogP contribution in [-0.2, 0) is 11.2 Å². The minimum Gasteiger partial charge on any atom is -0.376 e. The summed E-state index contributed by atoms with van der Waals surface area (Å²) in [4.78, 5) is 8.88. The minimum absolute atomic E-state index is 0.288. The summed E-state index contributed by atoms with van der Waals surface area (Å²) in [7, 11) is 0. The number of ether oxygens (including phenoxy) is 1. The van der Waals surface area contributed by atoms with Gasteiger partial charge in [0.2, 0.25) is 0 Å². The maximum atomic E-state index is 5.67. The average Bonchev–Trinajstić information content (AvgIpc) is 3.36. The van der Waals surface area contributed by atoms with Crippen molar-refractivity contribution in [1.82, 2.24) is 19.6 Å². The standard InChI is InChI=1S/C21H21N5O/c1-3-16-11-15(5-6-19(16)22-9-1)12-17-13-24-21-8-7-20(25-26(17)21)23-14-18-4-2-10-27-18/h1,3,5-9,11,13,18H,2,4,10,12,14H2,(H,23,25). The summed E-state index contributed by atoms with van der Waals surface area (Å²) in [5.41, 5.74) is 4.15. The zero-order valence-corrected chi connectivity index (χ0v) is 15.0. The molecule has 0 aliphatic carbocycles. The van der Waals surface area contributed by atoms with Crippen LogP contribution >= 0.6 is 0 Å². The smallest absolute Gasteiger partial charge is 0.153 e. The predicted molar refractivity (Wildman–Crippen MR) is 105 cm³/mol. The molecule has 1 saturated heterocycles. The van der Waals surface area contributed by atoms with Gasteiger partial charge in [0.1, 0.15) is 5.82 Å². The fourth-order valence-corrected chi connectivity index (χ4v) is 3.60. The topological polar surface area (TPSA) is 64.3 Å². The molecule has 0 amide bonds. The first-order valence-electron chi connectivity index (χ1n) is 9.38. The van der Waals surface area contributed by atoms with Gasteiger partial charge in [0.15, 0.2) is 5.65 Å². The number of rotatable bonds is 5. The molecule has 0 spiro atoms. The number of fused-ring (bicyclic) bond motifs is 2. The van der Waals surface area contributed by atoms with Crippen LogP contribution in [0, 0.1) is 0 Å². The highest BCUT2D eigenvalue weighted by atomic mass is 16.5. The zero-order chi connectivity index (χ0) is 18.1. The third-order valence-electron chi connectivity index (χ3n) is 5.02. The van der Waals surface area contributed by atoms with Gasteiger partial charge in [-0.05, 0) is 48.7 Å². The number of nitrogens with zero attached hydrogens (tertiary/aromatic N) is 4. The zero-order valence-electron chi connectivity index (χ0n) is 15.0. The Balaban J connectivity index is 1.39. The van der Waals surface area contributed by atoms with Crippen LogP contribution in [0.5, 0.6) is 0 Å². The van der Waals surface area contributed by atoms with Gasteiger partial charge in [-0.2, -0.15) is 0 Å². The number of benzene rings is 1. The SMILES string of the molecule is c1cnc2ccc(Cc3cnc4ccc(NCC5CCCO5)nn34)cc2c1. The highest BCUT2D eigenvalue weighted by Gasteiger charge is 2.15. The lowest BCUT2D eigenvalue weighted by molar-refractivity contribution is 0.120. The number of imidazole rings is 1. The first kappa shape index (κ1) is 16.2. The number of anilines is 1. The van der Waals surface area contributed by atoms with Crippen molar-refractivity contribution in [1.29, 1.82) is 0 Å². The predicted octanol–water partition coefficient (Wildman–Crippen LogP) is 3.46. The van der Waals surface area contributed by atoms with E-state index in [1.54, 1.807) is 0 Å². The Morgan fingerprint density at radius 3 is 3.07 bits per heavy atom. The molecule has 1 unspecified atom stereocenters. The molecule has 6 heteroatoms. The van der Waals surface area contributed by atoms with E-state index >= 15 is 0 Å². The van der Waals surface area contributed by atoms with E-state index in [9.17, 15) is 0 Å². The number of nitrogens with one attached hydrogen (secondary N) is 1. The summed E-state index contributed by atoms with van der Waals surface area (Å²) in [5.74, 6) is 0.847. The molecule has 1 fully saturated rings. The Hall–Kier alpha value is -2.99. The normalized spacial score (nSPS) is 17.0. The molecule has 4 heterocycles. The van der Waals surface area contributed by atoms with Crippen molar-refractivity contribution in [2.24, 2.45) is 0 Å². The maximum Gasteiger partial charge on any atom is 0.153 e. The highest BCUT2D eigenvalue weighted by molar-refractivity contribution is 5.79. The van der Waals surface area contributed by atoms with Gasteiger partial charge in [-0.1, -0.05) is 12.1 Å². The van der Waals surface area contributed by atoms with E-state index in [4.69, 9.17) is 9.84 Å². The summed E-state index contributed by atoms with van der Waals surface area (Å²) in [6, 6.07) is 14.4. The number of hydrogen-bond donors (Lipinski definition) is 1. The van der Waals surface area contributed by atoms with E-state index in [2.05, 4.69) is 39.6 Å². The number of aromatic nitrogens is 4. The lowest BCUT2D eigenvalue weighted by Crippen LogP contribution is -2.19. The number of hydrogen-bond acceptors (Lipinski definition) is 5. The van der Waals surface area contributed by atoms with Crippen LogP contribution in [0.25, 0.3) is 16.6 Å². The van der Waals surface area contributed by atoms with Gasteiger partial charge >= 0.3 is 0 Å². The summed E-state index contributed by atoms with van der Waals surface area (Å²) < 4.78 is 7.59. The van der Waals surface area contributed by atoms with Crippen molar-refractivity contribution in [3.63, 3.8) is 0 Å². The van der Waals surface area contributed by atoms with Crippen LogP contribution in [0.2, 0.25) is 0 Å². The second-order valence-corrected chi connectivity index (χ2v) is 6.96. The molecular weight excluding hydrogens is 338 g/mol. The molecule has 0 radical (unpaired) electrons. The molecule has 1 atom stereocenters. The molecule has 27 heavy (non-hydrogen) atoms. The molecule has 3 aromatic heterocycles. The molecule has 1 aliphatic heterocycles. The van der Waals surface area contributed by atoms with Crippen molar-refractivity contribution in [2.75, 3.05) is 18.5 Å². The average molecular weight is 359 g/mol. The Labute approximate surface area is 157 Å². The van der Waals surface area contributed by atoms with Crippen LogP contribution in [0.4, 0.5) is 5.82 Å². The molecule has 1 aromatic carbocycles. The molecule has 6 nitrogen and oxygen atoms in total. The maximum absolute atomic E-state index is 5.67. The van der Waals surface area contributed by atoms with E-state index in [1.165, 1.54) is 5.56 Å². The fourth-order valence-electron chi connectivity index (χ4n) is 3.60. The van der Waals surface area contributed by atoms with E-state index in [0.717, 1.165) is 60.5 Å². The minimum atomic E-state index is 0.288. The van der Waals surface area contributed by atoms with Crippen LogP contribution in [-0.4, -0.2) is 38.8 Å². The Morgan fingerprint density at radius 2 is 2.15 bits per heavy atom. The molecule has 5 rings (SSSR count). The lowest BCUT2D eigenvalue weighted by Gasteiger charge is -2.11. The molecular formula is C21H21N5O. The first-order chi connectivity index (χ1) is 13.3. The van der Waals surface area contributed by atoms with E-state index in [-0.39, 0.29) is 6.10 Å². The molecule has 0 saturated carbocycles. The third-order valence-corrected chi connectivity index (χ3v) is 5.02. The van der Waals surface area contributed by atoms with Crippen LogP contribution in [0.15, 0.2) is 54.9 Å². The molecule has 1 aliphatic rings. The lowest BCUT2D eigenvalue weighted by atomic mass is 10.1. The molecule has 1 N–H and O–H groups in total. The summed E-state index contributed by atoms with van der Waals surface area (Å²) in [6.45, 7) is 1.66. The van der Waals surface area contributed by atoms with Crippen LogP contribution < -0.4 is 5.32 Å². The summed E-state index contributed by atoms with van der Waals surface area (Å²) in [6.07, 6.45) is 7.04. The summed E-state index contributed by atoms with van der Waals surface area (Å²) in [5, 5.41) is 9.27. The van der Waals surface area contributed by atoms with Gasteiger partial charge in [-0.25, -0.2) is 9.50 Å². The monoisotopic (exact) mass is 359 g/mol. The fraction of sp³-hybridized carbons (Fsp3) is 0.286. The van der Waals surface area contributed by atoms with Crippen molar-refractivity contribution >= 4 is 22.4 Å². The van der Waals surface area contributed by atoms with Gasteiger partial charge in [0.05, 0.1) is 23.5 Å². The number of pyridine rings is 1. The molecule has 136 valence electrons. The third kappa shape index (κ3) is 3.36. The van der Waals surface area contributed by atoms with E-state index in [1.807, 2.05) is 35.1 Å². The van der Waals surface area contributed by atoms with Crippen molar-refractivity contribution in [2.45, 2.75) is 25.4 Å². The molecule has 4 aromatic rings. The van der Waals surface area contributed by atoms with Crippen LogP contribution in [0.3, 0.4) is 0 Å². The van der Waals surface area contributed by atoms with E-state index < -0.39 is 0 Å². The second-order valence-electron chi connectivity index (χ2n) is 6.96. The Morgan fingerprint density at radius 1 is 1.15 bits per heavy atom. The van der Waals surface area contributed by atoms with Gasteiger partial charge in [0, 0.05) is 31.2 Å². The van der Waals surface area contributed by atoms with Gasteiger partial charge < -0.3 is 10.1 Å². The Kier molecular flexibility index (Phi) is 4.18. The van der Waals surface area contributed by atoms with Crippen molar-refractivity contribution in [3.8, 4) is 0 Å². The van der Waals surface area contributed by atoms with Gasteiger partial charge in [-0.15, -0.1) is 5.10 Å². The van der Waals surface area contributed by atoms with Gasteiger partial charge in [0.25, 0.3) is 0 Å². The van der Waals surface area contributed by atoms with Crippen molar-refractivity contribution < 1.29 is 4.74 Å². The van der Waals surface area contributed by atoms with Gasteiger partial charge in [-0.3, -0.25) is 4.98 Å².